The summed E-state index contributed by atoms with van der Waals surface area (Å²) in [6.07, 6.45) is 1.51. The van der Waals surface area contributed by atoms with Gasteiger partial charge in [-0.15, -0.1) is 0 Å². The number of anilines is 1. The number of carboxylic acids is 1. The van der Waals surface area contributed by atoms with E-state index in [0.29, 0.717) is 14.8 Å². The number of nitrogens with zero attached hydrogens (tertiary/aromatic N) is 1. The van der Waals surface area contributed by atoms with Gasteiger partial charge in [0, 0.05) is 5.56 Å². The van der Waals surface area contributed by atoms with Crippen LogP contribution in [0.1, 0.15) is 15.9 Å². The predicted molar refractivity (Wildman–Crippen MR) is 95.8 cm³/mol. The molecule has 5 nitrogen and oxygen atoms in total. The molecule has 7 heteroatoms. The Hall–Kier alpha value is -2.64. The van der Waals surface area contributed by atoms with Gasteiger partial charge < -0.3 is 9.90 Å². The van der Waals surface area contributed by atoms with E-state index in [1.807, 2.05) is 30.3 Å². The molecule has 1 saturated heterocycles. The van der Waals surface area contributed by atoms with Crippen molar-refractivity contribution in [1.82, 2.24) is 5.01 Å². The van der Waals surface area contributed by atoms with Gasteiger partial charge in [0.25, 0.3) is 5.91 Å². The van der Waals surface area contributed by atoms with Crippen molar-refractivity contribution in [2.75, 3.05) is 5.43 Å². The third-order valence-electron chi connectivity index (χ3n) is 3.28. The average molecular weight is 355 g/mol. The Bertz CT molecular complexity index is 850. The van der Waals surface area contributed by atoms with Crippen LogP contribution in [0.4, 0.5) is 5.69 Å². The molecule has 3 rings (SSSR count). The minimum atomic E-state index is -1.29. The fourth-order valence-electron chi connectivity index (χ4n) is 2.16. The molecule has 0 unspecified atom stereocenters. The summed E-state index contributed by atoms with van der Waals surface area (Å²) in [7, 11) is 0. The summed E-state index contributed by atoms with van der Waals surface area (Å²) in [5.74, 6) is -1.62. The Morgan fingerprint density at radius 3 is 2.50 bits per heavy atom. The van der Waals surface area contributed by atoms with E-state index in [-0.39, 0.29) is 11.5 Å². The third-order valence-corrected chi connectivity index (χ3v) is 4.58. The Morgan fingerprint density at radius 2 is 1.79 bits per heavy atom. The maximum atomic E-state index is 12.5. The molecule has 1 N–H and O–H groups in total. The van der Waals surface area contributed by atoms with Gasteiger partial charge in [-0.1, -0.05) is 54.2 Å². The Morgan fingerprint density at radius 1 is 1.12 bits per heavy atom. The van der Waals surface area contributed by atoms with Crippen molar-refractivity contribution in [3.8, 4) is 0 Å². The number of hydrogen-bond acceptors (Lipinski definition) is 6. The van der Waals surface area contributed by atoms with E-state index in [1.54, 1.807) is 18.2 Å². The zero-order valence-corrected chi connectivity index (χ0v) is 13.9. The van der Waals surface area contributed by atoms with Crippen molar-refractivity contribution in [2.45, 2.75) is 0 Å². The van der Waals surface area contributed by atoms with Crippen LogP contribution >= 0.6 is 24.0 Å². The van der Waals surface area contributed by atoms with Crippen molar-refractivity contribution < 1.29 is 14.7 Å². The predicted octanol–water partition coefficient (Wildman–Crippen LogP) is 2.28. The lowest BCUT2D eigenvalue weighted by atomic mass is 10.1. The van der Waals surface area contributed by atoms with Gasteiger partial charge in [-0.25, -0.2) is 5.01 Å². The van der Waals surface area contributed by atoms with Crippen LogP contribution in [0.15, 0.2) is 59.5 Å². The van der Waals surface area contributed by atoms with Crippen LogP contribution in [-0.4, -0.2) is 21.2 Å². The SMILES string of the molecule is O=C([O-])c1ccccc1/C=C1\SC(=S)N(Nc2ccccc2)C1=O. The zero-order valence-electron chi connectivity index (χ0n) is 12.3. The largest absolute Gasteiger partial charge is 0.545 e. The van der Waals surface area contributed by atoms with Gasteiger partial charge in [-0.05, 0) is 36.0 Å². The number of amides is 1. The minimum Gasteiger partial charge on any atom is -0.545 e. The molecule has 0 saturated carbocycles. The maximum Gasteiger partial charge on any atom is 0.285 e. The molecule has 0 atom stereocenters. The number of hydrazine groups is 1. The highest BCUT2D eigenvalue weighted by Crippen LogP contribution is 2.33. The standard InChI is InChI=1S/C17H12N2O3S2/c20-15-14(10-11-6-4-5-9-13(11)16(21)22)24-17(23)19(15)18-12-7-2-1-3-8-12/h1-10,18H,(H,21,22)/p-1/b14-10-. The normalized spacial score (nSPS) is 15.8. The van der Waals surface area contributed by atoms with Crippen molar-refractivity contribution in [3.63, 3.8) is 0 Å². The molecule has 0 radical (unpaired) electrons. The van der Waals surface area contributed by atoms with E-state index in [2.05, 4.69) is 5.43 Å². The molecule has 2 aromatic carbocycles. The van der Waals surface area contributed by atoms with Crippen molar-refractivity contribution in [3.05, 3.63) is 70.6 Å². The maximum absolute atomic E-state index is 12.5. The van der Waals surface area contributed by atoms with Crippen molar-refractivity contribution in [2.24, 2.45) is 0 Å². The second-order valence-electron chi connectivity index (χ2n) is 4.87. The van der Waals surface area contributed by atoms with Crippen LogP contribution in [0.25, 0.3) is 6.08 Å². The molecule has 0 aromatic heterocycles. The Kier molecular flexibility index (Phi) is 4.64. The number of para-hydroxylation sites is 1. The molecule has 1 fully saturated rings. The summed E-state index contributed by atoms with van der Waals surface area (Å²) < 4.78 is 0.348. The number of benzene rings is 2. The highest BCUT2D eigenvalue weighted by molar-refractivity contribution is 8.26. The average Bonchev–Trinajstić information content (AvgIpc) is 2.84. The smallest absolute Gasteiger partial charge is 0.285 e. The molecule has 1 heterocycles. The van der Waals surface area contributed by atoms with E-state index in [0.717, 1.165) is 17.4 Å². The van der Waals surface area contributed by atoms with Crippen molar-refractivity contribution in [1.29, 1.82) is 0 Å². The molecule has 0 bridgehead atoms. The number of carbonyl (C=O) groups excluding carboxylic acids is 2. The van der Waals surface area contributed by atoms with Gasteiger partial charge in [-0.2, -0.15) is 0 Å². The van der Waals surface area contributed by atoms with Gasteiger partial charge in [0.05, 0.1) is 16.6 Å². The molecule has 24 heavy (non-hydrogen) atoms. The summed E-state index contributed by atoms with van der Waals surface area (Å²) in [5, 5.41) is 12.4. The fourth-order valence-corrected chi connectivity index (χ4v) is 3.33. The monoisotopic (exact) mass is 355 g/mol. The number of carbonyl (C=O) groups is 2. The number of rotatable bonds is 4. The van der Waals surface area contributed by atoms with Crippen molar-refractivity contribution >= 4 is 51.9 Å². The van der Waals surface area contributed by atoms with E-state index >= 15 is 0 Å². The first kappa shape index (κ1) is 16.2. The van der Waals surface area contributed by atoms with E-state index in [1.165, 1.54) is 17.2 Å². The summed E-state index contributed by atoms with van der Waals surface area (Å²) in [5.41, 5.74) is 4.10. The number of aromatic carboxylic acids is 1. The number of thiocarbonyl (C=S) groups is 1. The van der Waals surface area contributed by atoms with Gasteiger partial charge in [0.2, 0.25) is 0 Å². The zero-order chi connectivity index (χ0) is 17.1. The summed E-state index contributed by atoms with van der Waals surface area (Å²) >= 11 is 6.34. The van der Waals surface area contributed by atoms with Crippen LogP contribution in [-0.2, 0) is 4.79 Å². The van der Waals surface area contributed by atoms with E-state index in [9.17, 15) is 14.7 Å². The van der Waals surface area contributed by atoms with Gasteiger partial charge in [0.15, 0.2) is 4.32 Å². The number of carboxylic acid groups (broad SMARTS) is 1. The van der Waals surface area contributed by atoms with Gasteiger partial charge in [-0.3, -0.25) is 10.2 Å². The Labute approximate surface area is 147 Å². The first-order valence-electron chi connectivity index (χ1n) is 6.96. The van der Waals surface area contributed by atoms with Crippen LogP contribution in [0.5, 0.6) is 0 Å². The highest BCUT2D eigenvalue weighted by Gasteiger charge is 2.32. The van der Waals surface area contributed by atoms with Crippen LogP contribution in [0.2, 0.25) is 0 Å². The second-order valence-corrected chi connectivity index (χ2v) is 6.55. The van der Waals surface area contributed by atoms with E-state index < -0.39 is 5.97 Å². The van der Waals surface area contributed by atoms with Crippen LogP contribution in [0.3, 0.4) is 0 Å². The molecule has 1 amide bonds. The molecule has 1 aliphatic heterocycles. The quantitative estimate of drug-likeness (QED) is 0.670. The minimum absolute atomic E-state index is 0.0267. The third kappa shape index (κ3) is 3.32. The Balaban J connectivity index is 1.88. The van der Waals surface area contributed by atoms with Crippen LogP contribution < -0.4 is 10.5 Å². The molecule has 2 aromatic rings. The molecular weight excluding hydrogens is 344 g/mol. The lowest BCUT2D eigenvalue weighted by Gasteiger charge is -2.16. The first-order valence-corrected chi connectivity index (χ1v) is 8.19. The van der Waals surface area contributed by atoms with Gasteiger partial charge >= 0.3 is 0 Å². The van der Waals surface area contributed by atoms with Gasteiger partial charge in [0.1, 0.15) is 0 Å². The lowest BCUT2D eigenvalue weighted by molar-refractivity contribution is -0.255. The van der Waals surface area contributed by atoms with E-state index in [4.69, 9.17) is 12.2 Å². The summed E-state index contributed by atoms with van der Waals surface area (Å²) in [6.45, 7) is 0. The highest BCUT2D eigenvalue weighted by atomic mass is 32.2. The first-order chi connectivity index (χ1) is 11.6. The second kappa shape index (κ2) is 6.86. The summed E-state index contributed by atoms with van der Waals surface area (Å²) in [4.78, 5) is 24.0. The fraction of sp³-hybridized carbons (Fsp3) is 0. The molecule has 120 valence electrons. The molecular formula is C17H11N2O3S2-. The molecule has 0 spiro atoms. The molecule has 1 aliphatic rings. The number of nitrogens with one attached hydrogen (secondary N) is 1. The lowest BCUT2D eigenvalue weighted by Crippen LogP contribution is -2.33. The topological polar surface area (TPSA) is 72.5 Å². The number of hydrogen-bond donors (Lipinski definition) is 1. The number of thioether (sulfide) groups is 1. The molecule has 0 aliphatic carbocycles. The van der Waals surface area contributed by atoms with Crippen LogP contribution in [0, 0.1) is 0 Å². The summed E-state index contributed by atoms with van der Waals surface area (Å²) in [6, 6.07) is 15.5.